The van der Waals surface area contributed by atoms with Gasteiger partial charge in [0.05, 0.1) is 0 Å². The van der Waals surface area contributed by atoms with Crippen LogP contribution in [0.5, 0.6) is 0 Å². The fraction of sp³-hybridized carbons (Fsp3) is 0.659. The molecular formula is C41H67N11O12. The van der Waals surface area contributed by atoms with Crippen molar-refractivity contribution in [1.29, 1.82) is 0 Å². The average molecular weight is 906 g/mol. The monoisotopic (exact) mass is 905 g/mol. The lowest BCUT2D eigenvalue weighted by Gasteiger charge is -2.15. The van der Waals surface area contributed by atoms with Crippen LogP contribution in [-0.4, -0.2) is 141 Å². The fourth-order valence-corrected chi connectivity index (χ4v) is 5.82. The molecule has 0 bridgehead atoms. The maximum atomic E-state index is 12.2. The van der Waals surface area contributed by atoms with Crippen molar-refractivity contribution in [3.8, 4) is 0 Å². The number of azide groups is 1. The molecule has 0 aromatic heterocycles. The molecule has 0 fully saturated rings. The quantitative estimate of drug-likeness (QED) is 0.0121. The van der Waals surface area contributed by atoms with E-state index in [1.54, 1.807) is 12.1 Å². The van der Waals surface area contributed by atoms with Gasteiger partial charge in [0.1, 0.15) is 0 Å². The maximum absolute atomic E-state index is 12.2. The largest absolute Gasteiger partial charge is 0.356 e. The third-order valence-electron chi connectivity index (χ3n) is 9.65. The zero-order valence-corrected chi connectivity index (χ0v) is 36.9. The highest BCUT2D eigenvalue weighted by Gasteiger charge is 2.16. The summed E-state index contributed by atoms with van der Waals surface area (Å²) in [7, 11) is 0. The Balaban J connectivity index is 2.01. The lowest BCUT2D eigenvalue weighted by atomic mass is 10.2. The van der Waals surface area contributed by atoms with Gasteiger partial charge < -0.3 is 21.3 Å². The highest BCUT2D eigenvalue weighted by molar-refractivity contribution is 5.94. The maximum Gasteiger partial charge on any atom is 0.251 e. The van der Waals surface area contributed by atoms with E-state index in [-0.39, 0.29) is 88.3 Å². The van der Waals surface area contributed by atoms with Gasteiger partial charge in [-0.2, -0.15) is 0 Å². The third kappa shape index (κ3) is 27.9. The van der Waals surface area contributed by atoms with Crippen molar-refractivity contribution in [3.05, 3.63) is 40.3 Å². The van der Waals surface area contributed by atoms with E-state index in [0.717, 1.165) is 0 Å². The number of carbonyl (C=O) groups is 8. The van der Waals surface area contributed by atoms with E-state index in [4.69, 9.17) is 5.53 Å². The number of nitrogens with one attached hydrogen (secondary N) is 4. The van der Waals surface area contributed by atoms with Gasteiger partial charge in [-0.15, -0.1) is 0 Å². The van der Waals surface area contributed by atoms with Crippen LogP contribution in [0.15, 0.2) is 29.4 Å². The molecule has 1 aromatic carbocycles. The van der Waals surface area contributed by atoms with Crippen molar-refractivity contribution in [2.24, 2.45) is 5.11 Å². The lowest BCUT2D eigenvalue weighted by molar-refractivity contribution is -0.166. The topological polar surface area (TPSA) is 327 Å². The van der Waals surface area contributed by atoms with Gasteiger partial charge in [-0.3, -0.25) is 59.2 Å². The first kappa shape index (κ1) is 56.1. The minimum absolute atomic E-state index is 0.0493. The minimum Gasteiger partial charge on any atom is -0.356 e. The Morgan fingerprint density at radius 1 is 0.484 bits per heavy atom. The zero-order chi connectivity index (χ0) is 47.5. The molecule has 0 aliphatic carbocycles. The van der Waals surface area contributed by atoms with E-state index in [0.29, 0.717) is 135 Å². The molecule has 64 heavy (non-hydrogen) atoms. The molecule has 0 unspecified atom stereocenters. The van der Waals surface area contributed by atoms with Gasteiger partial charge in [0.2, 0.25) is 41.4 Å². The zero-order valence-electron chi connectivity index (χ0n) is 36.9. The van der Waals surface area contributed by atoms with Gasteiger partial charge in [0.15, 0.2) is 0 Å². The standard InChI is InChI=1S/C41H67N11O12/c1-32(53)49(61)28-10-2-6-24-43-35(54)18-21-38(57)50(62)29-11-3-7-25-44-36(55)19-22-39(58)51(63)30-12-4-8-26-45-37(56)20-23-40(59)52(64)31-13-5-9-27-46-41(60)33-14-16-34(17-15-33)47-48-42/h14-17,61-64H,2-13,18-31H2,1H3,(H,43,54)(H,44,55)(H,45,56)(H,46,60). The highest BCUT2D eigenvalue weighted by atomic mass is 16.5. The van der Waals surface area contributed by atoms with Crippen molar-refractivity contribution < 1.29 is 59.2 Å². The van der Waals surface area contributed by atoms with Gasteiger partial charge in [-0.25, -0.2) is 20.3 Å². The van der Waals surface area contributed by atoms with Crippen LogP contribution in [0.3, 0.4) is 0 Å². The second-order valence-electron chi connectivity index (χ2n) is 15.0. The molecule has 0 spiro atoms. The van der Waals surface area contributed by atoms with Crippen molar-refractivity contribution in [3.63, 3.8) is 0 Å². The van der Waals surface area contributed by atoms with E-state index in [1.807, 2.05) is 0 Å². The van der Waals surface area contributed by atoms with Crippen molar-refractivity contribution in [2.45, 2.75) is 122 Å². The lowest BCUT2D eigenvalue weighted by Crippen LogP contribution is -2.32. The number of nitrogens with zero attached hydrogens (tertiary/aromatic N) is 7. The molecule has 1 aromatic rings. The van der Waals surface area contributed by atoms with Crippen LogP contribution in [0.4, 0.5) is 5.69 Å². The first-order valence-electron chi connectivity index (χ1n) is 21.8. The fourth-order valence-electron chi connectivity index (χ4n) is 5.82. The second kappa shape index (κ2) is 34.6. The molecule has 1 rings (SSSR count). The highest BCUT2D eigenvalue weighted by Crippen LogP contribution is 2.13. The van der Waals surface area contributed by atoms with Gasteiger partial charge >= 0.3 is 0 Å². The summed E-state index contributed by atoms with van der Waals surface area (Å²) < 4.78 is 0. The predicted octanol–water partition coefficient (Wildman–Crippen LogP) is 3.62. The van der Waals surface area contributed by atoms with Gasteiger partial charge in [-0.1, -0.05) is 17.2 Å². The Bertz CT molecular complexity index is 1660. The molecule has 0 aliphatic rings. The SMILES string of the molecule is CC(=O)N(O)CCCCCNC(=O)CCC(=O)N(O)CCCCCNC(=O)CCC(=O)N(O)CCCCCNC(=O)CCC(=O)N(O)CCCCCNC(=O)c1ccc(N=[N+]=[N-])cc1. The van der Waals surface area contributed by atoms with Crippen LogP contribution >= 0.6 is 0 Å². The summed E-state index contributed by atoms with van der Waals surface area (Å²) in [5, 5.41) is 56.0. The normalized spacial score (nSPS) is 10.5. The molecule has 23 nitrogen and oxygen atoms in total. The summed E-state index contributed by atoms with van der Waals surface area (Å²) in [6, 6.07) is 6.18. The van der Waals surface area contributed by atoms with E-state index in [9.17, 15) is 59.2 Å². The summed E-state index contributed by atoms with van der Waals surface area (Å²) in [4.78, 5) is 98.6. The number of amides is 8. The van der Waals surface area contributed by atoms with Gasteiger partial charge in [-0.05, 0) is 94.7 Å². The van der Waals surface area contributed by atoms with Crippen LogP contribution in [0, 0.1) is 0 Å². The molecule has 8 N–H and O–H groups in total. The Kier molecular flexibility index (Phi) is 30.4. The first-order valence-corrected chi connectivity index (χ1v) is 21.8. The van der Waals surface area contributed by atoms with Gasteiger partial charge in [0.25, 0.3) is 5.91 Å². The summed E-state index contributed by atoms with van der Waals surface area (Å²) in [5.41, 5.74) is 9.27. The Labute approximate surface area is 373 Å². The third-order valence-corrected chi connectivity index (χ3v) is 9.65. The predicted molar refractivity (Wildman–Crippen MR) is 229 cm³/mol. The Morgan fingerprint density at radius 3 is 1.14 bits per heavy atom. The van der Waals surface area contributed by atoms with Crippen molar-refractivity contribution in [1.82, 2.24) is 41.5 Å². The number of unbranched alkanes of at least 4 members (excludes halogenated alkanes) is 8. The number of hydrogen-bond donors (Lipinski definition) is 8. The van der Waals surface area contributed by atoms with Crippen molar-refractivity contribution in [2.75, 3.05) is 52.4 Å². The molecule has 0 aliphatic heterocycles. The first-order chi connectivity index (χ1) is 30.6. The molecule has 0 saturated carbocycles. The van der Waals surface area contributed by atoms with Crippen LogP contribution in [0.2, 0.25) is 0 Å². The Hall–Kier alpha value is -5.87. The molecule has 0 heterocycles. The van der Waals surface area contributed by atoms with E-state index in [2.05, 4.69) is 31.3 Å². The smallest absolute Gasteiger partial charge is 0.251 e. The van der Waals surface area contributed by atoms with Crippen LogP contribution in [0.25, 0.3) is 10.4 Å². The minimum atomic E-state index is -0.606. The molecule has 0 atom stereocenters. The van der Waals surface area contributed by atoms with E-state index < -0.39 is 23.6 Å². The number of hydroxylamine groups is 8. The molecular weight excluding hydrogens is 839 g/mol. The summed E-state index contributed by atoms with van der Waals surface area (Å²) in [6.07, 6.45) is 6.10. The van der Waals surface area contributed by atoms with Crippen LogP contribution in [-0.2, 0) is 33.6 Å². The average Bonchev–Trinajstić information content (AvgIpc) is 3.28. The van der Waals surface area contributed by atoms with Crippen LogP contribution in [0.1, 0.15) is 133 Å². The number of benzene rings is 1. The van der Waals surface area contributed by atoms with E-state index in [1.165, 1.54) is 19.1 Å². The number of rotatable bonds is 35. The Morgan fingerprint density at radius 2 is 0.812 bits per heavy atom. The summed E-state index contributed by atoms with van der Waals surface area (Å²) >= 11 is 0. The molecule has 23 heteroatoms. The molecule has 8 amide bonds. The number of carbonyl (C=O) groups excluding carboxylic acids is 8. The van der Waals surface area contributed by atoms with Crippen LogP contribution < -0.4 is 21.3 Å². The second-order valence-corrected chi connectivity index (χ2v) is 15.0. The van der Waals surface area contributed by atoms with E-state index >= 15 is 0 Å². The summed E-state index contributed by atoms with van der Waals surface area (Å²) in [6.45, 7) is 3.11. The number of hydrogen-bond acceptors (Lipinski definition) is 13. The molecule has 0 radical (unpaired) electrons. The molecule has 0 saturated heterocycles. The van der Waals surface area contributed by atoms with Gasteiger partial charge in [0, 0.05) is 114 Å². The summed E-state index contributed by atoms with van der Waals surface area (Å²) in [5.74, 6) is -3.53. The van der Waals surface area contributed by atoms with Crippen molar-refractivity contribution >= 4 is 52.9 Å². The molecule has 358 valence electrons.